The highest BCUT2D eigenvalue weighted by Crippen LogP contribution is 2.09. The molecule has 120 valence electrons. The molecular weight excluding hydrogens is 300 g/mol. The van der Waals surface area contributed by atoms with Crippen LogP contribution in [0.1, 0.15) is 16.9 Å². The number of rotatable bonds is 7. The quantitative estimate of drug-likeness (QED) is 0.852. The first-order chi connectivity index (χ1) is 10.2. The van der Waals surface area contributed by atoms with Gasteiger partial charge in [-0.2, -0.15) is 0 Å². The van der Waals surface area contributed by atoms with Gasteiger partial charge in [0.2, 0.25) is 5.91 Å². The first-order valence-corrected chi connectivity index (χ1v) is 7.19. The molecule has 0 aliphatic heterocycles. The second-order valence-corrected chi connectivity index (χ2v) is 5.16. The Labute approximate surface area is 137 Å². The Bertz CT molecular complexity index is 553. The highest BCUT2D eigenvalue weighted by atomic mass is 35.5. The maximum Gasteiger partial charge on any atom is 0.236 e. The van der Waals surface area contributed by atoms with Gasteiger partial charge in [0.05, 0.1) is 19.4 Å². The third kappa shape index (κ3) is 5.54. The van der Waals surface area contributed by atoms with Gasteiger partial charge < -0.3 is 14.6 Å². The van der Waals surface area contributed by atoms with Crippen LogP contribution in [0.5, 0.6) is 0 Å². The lowest BCUT2D eigenvalue weighted by molar-refractivity contribution is -0.131. The summed E-state index contributed by atoms with van der Waals surface area (Å²) in [7, 11) is 1.78. The number of nitrogens with one attached hydrogen (secondary N) is 1. The number of hydrogen-bond donors (Lipinski definition) is 1. The van der Waals surface area contributed by atoms with E-state index in [2.05, 4.69) is 36.5 Å². The van der Waals surface area contributed by atoms with Crippen LogP contribution in [0.4, 0.5) is 0 Å². The fourth-order valence-corrected chi connectivity index (χ4v) is 2.16. The van der Waals surface area contributed by atoms with Gasteiger partial charge in [-0.1, -0.05) is 29.8 Å². The zero-order valence-corrected chi connectivity index (χ0v) is 13.9. The molecule has 0 saturated carbocycles. The smallest absolute Gasteiger partial charge is 0.236 e. The van der Waals surface area contributed by atoms with E-state index in [4.69, 9.17) is 4.42 Å². The van der Waals surface area contributed by atoms with Crippen LogP contribution in [-0.2, 0) is 17.8 Å². The number of carbonyl (C=O) groups excluding carboxylic acids is 1. The summed E-state index contributed by atoms with van der Waals surface area (Å²) in [5, 5.41) is 2.91. The topological polar surface area (TPSA) is 45.5 Å². The lowest BCUT2D eigenvalue weighted by Gasteiger charge is -2.21. The Morgan fingerprint density at radius 1 is 1.23 bits per heavy atom. The molecule has 1 aromatic heterocycles. The third-order valence-corrected chi connectivity index (χ3v) is 3.40. The average molecular weight is 323 g/mol. The molecule has 1 N–H and O–H groups in total. The summed E-state index contributed by atoms with van der Waals surface area (Å²) < 4.78 is 5.35. The predicted molar refractivity (Wildman–Crippen MR) is 90.2 cm³/mol. The maximum atomic E-state index is 12.2. The van der Waals surface area contributed by atoms with E-state index in [0.29, 0.717) is 19.6 Å². The summed E-state index contributed by atoms with van der Waals surface area (Å²) in [6.45, 7) is 3.61. The van der Waals surface area contributed by atoms with Crippen molar-refractivity contribution >= 4 is 18.3 Å². The molecule has 0 atom stereocenters. The molecule has 4 nitrogen and oxygen atoms in total. The van der Waals surface area contributed by atoms with Crippen LogP contribution >= 0.6 is 12.4 Å². The lowest BCUT2D eigenvalue weighted by Crippen LogP contribution is -2.37. The summed E-state index contributed by atoms with van der Waals surface area (Å²) in [4.78, 5) is 14.0. The van der Waals surface area contributed by atoms with E-state index in [1.165, 1.54) is 11.1 Å². The summed E-state index contributed by atoms with van der Waals surface area (Å²) in [6, 6.07) is 12.2. The minimum atomic E-state index is 0. The van der Waals surface area contributed by atoms with E-state index < -0.39 is 0 Å². The Morgan fingerprint density at radius 2 is 1.95 bits per heavy atom. The Morgan fingerprint density at radius 3 is 2.55 bits per heavy atom. The minimum absolute atomic E-state index is 0. The fraction of sp³-hybridized carbons (Fsp3) is 0.353. The van der Waals surface area contributed by atoms with E-state index >= 15 is 0 Å². The van der Waals surface area contributed by atoms with Gasteiger partial charge in [0.15, 0.2) is 0 Å². The molecule has 0 bridgehead atoms. The molecule has 0 aliphatic carbocycles. The van der Waals surface area contributed by atoms with Crippen LogP contribution in [-0.4, -0.2) is 30.9 Å². The van der Waals surface area contributed by atoms with Crippen LogP contribution < -0.4 is 5.32 Å². The van der Waals surface area contributed by atoms with Crippen molar-refractivity contribution in [3.8, 4) is 0 Å². The number of nitrogens with zero attached hydrogens (tertiary/aromatic N) is 1. The lowest BCUT2D eigenvalue weighted by atomic mass is 10.1. The molecule has 1 heterocycles. The molecule has 2 rings (SSSR count). The van der Waals surface area contributed by atoms with Gasteiger partial charge in [-0.15, -0.1) is 12.4 Å². The van der Waals surface area contributed by atoms with Gasteiger partial charge >= 0.3 is 0 Å². The van der Waals surface area contributed by atoms with Gasteiger partial charge in [-0.25, -0.2) is 0 Å². The summed E-state index contributed by atoms with van der Waals surface area (Å²) in [6.07, 6.45) is 2.48. The van der Waals surface area contributed by atoms with Crippen molar-refractivity contribution in [3.05, 3.63) is 59.5 Å². The Hall–Kier alpha value is -1.78. The van der Waals surface area contributed by atoms with Crippen molar-refractivity contribution in [2.75, 3.05) is 20.1 Å². The first kappa shape index (κ1) is 18.3. The van der Waals surface area contributed by atoms with Crippen molar-refractivity contribution < 1.29 is 9.21 Å². The van der Waals surface area contributed by atoms with Crippen LogP contribution in [0, 0.1) is 6.92 Å². The number of halogens is 1. The normalized spacial score (nSPS) is 10.1. The monoisotopic (exact) mass is 322 g/mol. The van der Waals surface area contributed by atoms with Gasteiger partial charge in [-0.3, -0.25) is 4.79 Å². The Balaban J connectivity index is 0.00000242. The van der Waals surface area contributed by atoms with Crippen molar-refractivity contribution in [2.24, 2.45) is 0 Å². The Kier molecular flexibility index (Phi) is 7.71. The molecule has 1 aromatic carbocycles. The van der Waals surface area contributed by atoms with E-state index in [1.807, 2.05) is 17.0 Å². The van der Waals surface area contributed by atoms with Crippen LogP contribution in [0.25, 0.3) is 0 Å². The van der Waals surface area contributed by atoms with Gasteiger partial charge in [0.1, 0.15) is 5.76 Å². The number of hydrogen-bond acceptors (Lipinski definition) is 3. The zero-order chi connectivity index (χ0) is 15.1. The van der Waals surface area contributed by atoms with Crippen LogP contribution in [0.15, 0.2) is 47.1 Å². The van der Waals surface area contributed by atoms with E-state index in [1.54, 1.807) is 13.3 Å². The van der Waals surface area contributed by atoms with E-state index in [0.717, 1.165) is 12.2 Å². The van der Waals surface area contributed by atoms with Crippen molar-refractivity contribution in [1.29, 1.82) is 0 Å². The molecule has 0 spiro atoms. The number of likely N-dealkylation sites (N-methyl/N-ethyl adjacent to an activating group) is 1. The second kappa shape index (κ2) is 9.28. The summed E-state index contributed by atoms with van der Waals surface area (Å²) in [5.74, 6) is 0.893. The molecule has 2 aromatic rings. The predicted octanol–water partition coefficient (Wildman–Crippen LogP) is 2.80. The van der Waals surface area contributed by atoms with E-state index in [9.17, 15) is 4.79 Å². The van der Waals surface area contributed by atoms with Crippen molar-refractivity contribution in [2.45, 2.75) is 19.9 Å². The molecule has 22 heavy (non-hydrogen) atoms. The van der Waals surface area contributed by atoms with Crippen molar-refractivity contribution in [1.82, 2.24) is 10.2 Å². The molecule has 1 amide bonds. The SMILES string of the molecule is CNCC(=O)N(CCc1ccc(C)cc1)Cc1ccco1.Cl. The molecule has 5 heteroatoms. The van der Waals surface area contributed by atoms with Crippen LogP contribution in [0.3, 0.4) is 0 Å². The standard InChI is InChI=1S/C17H22N2O2.ClH/c1-14-5-7-15(8-6-14)9-10-19(17(20)12-18-2)13-16-4-3-11-21-16;/h3-8,11,18H,9-10,12-13H2,1-2H3;1H. The number of furan rings is 1. The third-order valence-electron chi connectivity index (χ3n) is 3.40. The largest absolute Gasteiger partial charge is 0.467 e. The van der Waals surface area contributed by atoms with Gasteiger partial charge in [0, 0.05) is 6.54 Å². The van der Waals surface area contributed by atoms with Crippen LogP contribution in [0.2, 0.25) is 0 Å². The first-order valence-electron chi connectivity index (χ1n) is 7.19. The number of aryl methyl sites for hydroxylation is 1. The zero-order valence-electron chi connectivity index (χ0n) is 13.0. The number of amides is 1. The molecule has 0 unspecified atom stereocenters. The molecule has 0 aliphatic rings. The van der Waals surface area contributed by atoms with Crippen molar-refractivity contribution in [3.63, 3.8) is 0 Å². The number of benzene rings is 1. The summed E-state index contributed by atoms with van der Waals surface area (Å²) in [5.41, 5.74) is 2.49. The molecule has 0 saturated heterocycles. The number of carbonyl (C=O) groups is 1. The minimum Gasteiger partial charge on any atom is -0.467 e. The highest BCUT2D eigenvalue weighted by molar-refractivity contribution is 5.85. The van der Waals surface area contributed by atoms with Gasteiger partial charge in [-0.05, 0) is 38.1 Å². The fourth-order valence-electron chi connectivity index (χ4n) is 2.16. The molecule has 0 fully saturated rings. The highest BCUT2D eigenvalue weighted by Gasteiger charge is 2.14. The molecular formula is C17H23ClN2O2. The van der Waals surface area contributed by atoms with E-state index in [-0.39, 0.29) is 18.3 Å². The summed E-state index contributed by atoms with van der Waals surface area (Å²) >= 11 is 0. The second-order valence-electron chi connectivity index (χ2n) is 5.16. The van der Waals surface area contributed by atoms with Gasteiger partial charge in [0.25, 0.3) is 0 Å². The maximum absolute atomic E-state index is 12.2. The molecule has 0 radical (unpaired) electrons. The average Bonchev–Trinajstić information content (AvgIpc) is 2.98.